The number of rotatable bonds is 6. The van der Waals surface area contributed by atoms with E-state index in [-0.39, 0.29) is 17.3 Å². The quantitative estimate of drug-likeness (QED) is 0.420. The van der Waals surface area contributed by atoms with Crippen molar-refractivity contribution in [2.75, 3.05) is 14.2 Å². The number of hydrogen-bond donors (Lipinski definition) is 0. The normalized spacial score (nSPS) is 10.6. The number of benzene rings is 2. The van der Waals surface area contributed by atoms with Crippen LogP contribution in [-0.2, 0) is 0 Å². The Bertz CT molecular complexity index is 997. The highest BCUT2D eigenvalue weighted by Gasteiger charge is 2.24. The molecule has 0 amide bonds. The molecule has 4 rings (SSSR count). The third-order valence-corrected chi connectivity index (χ3v) is 4.54. The summed E-state index contributed by atoms with van der Waals surface area (Å²) >= 11 is 0. The van der Waals surface area contributed by atoms with Gasteiger partial charge < -0.3 is 18.3 Å². The van der Waals surface area contributed by atoms with Gasteiger partial charge in [-0.25, -0.2) is 0 Å². The molecule has 28 heavy (non-hydrogen) atoms. The van der Waals surface area contributed by atoms with E-state index in [1.807, 2.05) is 48.5 Å². The van der Waals surface area contributed by atoms with Crippen molar-refractivity contribution in [3.8, 4) is 33.8 Å². The first kappa shape index (κ1) is 17.7. The highest BCUT2D eigenvalue weighted by molar-refractivity contribution is 6.12. The van der Waals surface area contributed by atoms with Crippen LogP contribution in [0.3, 0.4) is 0 Å². The maximum atomic E-state index is 13.2. The molecule has 2 heterocycles. The van der Waals surface area contributed by atoms with Crippen LogP contribution in [0.15, 0.2) is 82.0 Å². The maximum absolute atomic E-state index is 13.2. The molecule has 0 aliphatic heterocycles. The van der Waals surface area contributed by atoms with Gasteiger partial charge in [0.2, 0.25) is 0 Å². The number of carbonyl (C=O) groups excluding carboxylic acids is 1. The number of ether oxygens (including phenoxy) is 2. The first-order valence-corrected chi connectivity index (χ1v) is 8.70. The molecular weight excluding hydrogens is 356 g/mol. The smallest absolute Gasteiger partial charge is 0.264 e. The van der Waals surface area contributed by atoms with E-state index in [9.17, 15) is 4.79 Å². The Hall–Kier alpha value is -3.73. The Morgan fingerprint density at radius 1 is 0.643 bits per heavy atom. The van der Waals surface area contributed by atoms with Crippen molar-refractivity contribution in [3.05, 3.63) is 84.7 Å². The SMILES string of the molecule is COc1ccc(-c2ccoc2C(=O)c2occc2-c2ccc(OC)cc2)cc1. The summed E-state index contributed by atoms with van der Waals surface area (Å²) in [5.41, 5.74) is 3.11. The lowest BCUT2D eigenvalue weighted by molar-refractivity contribution is 0.0985. The summed E-state index contributed by atoms with van der Waals surface area (Å²) in [5.74, 6) is 1.64. The van der Waals surface area contributed by atoms with Crippen LogP contribution in [0.4, 0.5) is 0 Å². The molecule has 5 nitrogen and oxygen atoms in total. The van der Waals surface area contributed by atoms with Gasteiger partial charge in [-0.05, 0) is 47.5 Å². The Morgan fingerprint density at radius 2 is 1.04 bits per heavy atom. The Morgan fingerprint density at radius 3 is 1.39 bits per heavy atom. The highest BCUT2D eigenvalue weighted by Crippen LogP contribution is 2.32. The standard InChI is InChI=1S/C23H18O5/c1-25-17-7-3-15(4-8-17)19-11-13-27-22(19)21(24)23-20(12-14-28-23)16-5-9-18(26-2)10-6-16/h3-14H,1-2H3. The van der Waals surface area contributed by atoms with Gasteiger partial charge in [-0.15, -0.1) is 0 Å². The first-order valence-electron chi connectivity index (χ1n) is 8.70. The largest absolute Gasteiger partial charge is 0.497 e. The number of furan rings is 2. The Kier molecular flexibility index (Phi) is 4.72. The second kappa shape index (κ2) is 7.48. The van der Waals surface area contributed by atoms with Crippen molar-refractivity contribution < 1.29 is 23.1 Å². The van der Waals surface area contributed by atoms with Gasteiger partial charge >= 0.3 is 0 Å². The highest BCUT2D eigenvalue weighted by atomic mass is 16.5. The molecule has 0 aliphatic rings. The number of methoxy groups -OCH3 is 2. The fraction of sp³-hybridized carbons (Fsp3) is 0.0870. The molecule has 4 aromatic rings. The van der Waals surface area contributed by atoms with Crippen molar-refractivity contribution in [1.29, 1.82) is 0 Å². The average molecular weight is 374 g/mol. The summed E-state index contributed by atoms with van der Waals surface area (Å²) in [5, 5.41) is 0. The average Bonchev–Trinajstić information content (AvgIpc) is 3.43. The third-order valence-electron chi connectivity index (χ3n) is 4.54. The molecule has 2 aromatic carbocycles. The predicted molar refractivity (Wildman–Crippen MR) is 105 cm³/mol. The molecule has 2 aromatic heterocycles. The number of carbonyl (C=O) groups is 1. The molecule has 0 bridgehead atoms. The van der Waals surface area contributed by atoms with Crippen LogP contribution in [0.25, 0.3) is 22.3 Å². The van der Waals surface area contributed by atoms with Crippen molar-refractivity contribution in [3.63, 3.8) is 0 Å². The van der Waals surface area contributed by atoms with E-state index in [1.165, 1.54) is 12.5 Å². The summed E-state index contributed by atoms with van der Waals surface area (Å²) in [6.45, 7) is 0. The van der Waals surface area contributed by atoms with Gasteiger partial charge in [0.15, 0.2) is 11.5 Å². The minimum atomic E-state index is -0.313. The van der Waals surface area contributed by atoms with Crippen LogP contribution < -0.4 is 9.47 Å². The van der Waals surface area contributed by atoms with Gasteiger partial charge in [-0.3, -0.25) is 4.79 Å². The van der Waals surface area contributed by atoms with E-state index >= 15 is 0 Å². The van der Waals surface area contributed by atoms with Crippen LogP contribution in [0.5, 0.6) is 11.5 Å². The van der Waals surface area contributed by atoms with Crippen molar-refractivity contribution in [2.45, 2.75) is 0 Å². The lowest BCUT2D eigenvalue weighted by Gasteiger charge is -2.06. The molecule has 0 radical (unpaired) electrons. The fourth-order valence-electron chi connectivity index (χ4n) is 3.07. The van der Waals surface area contributed by atoms with E-state index in [0.717, 1.165) is 22.6 Å². The molecule has 0 aliphatic carbocycles. The van der Waals surface area contributed by atoms with E-state index in [2.05, 4.69) is 0 Å². The van der Waals surface area contributed by atoms with E-state index in [0.29, 0.717) is 11.1 Å². The van der Waals surface area contributed by atoms with E-state index < -0.39 is 0 Å². The van der Waals surface area contributed by atoms with Crippen LogP contribution in [0.1, 0.15) is 16.3 Å². The van der Waals surface area contributed by atoms with Gasteiger partial charge in [-0.2, -0.15) is 0 Å². The molecule has 5 heteroatoms. The van der Waals surface area contributed by atoms with Crippen molar-refractivity contribution >= 4 is 5.78 Å². The summed E-state index contributed by atoms with van der Waals surface area (Å²) < 4.78 is 21.4. The van der Waals surface area contributed by atoms with Gasteiger partial charge in [0, 0.05) is 11.1 Å². The monoisotopic (exact) mass is 374 g/mol. The zero-order valence-electron chi connectivity index (χ0n) is 15.5. The van der Waals surface area contributed by atoms with Crippen LogP contribution in [-0.4, -0.2) is 20.0 Å². The lowest BCUT2D eigenvalue weighted by Crippen LogP contribution is -2.02. The minimum Gasteiger partial charge on any atom is -0.497 e. The molecule has 0 fully saturated rings. The molecular formula is C23H18O5. The van der Waals surface area contributed by atoms with Crippen LogP contribution in [0.2, 0.25) is 0 Å². The number of hydrogen-bond acceptors (Lipinski definition) is 5. The second-order valence-corrected chi connectivity index (χ2v) is 6.11. The minimum absolute atomic E-state index is 0.231. The van der Waals surface area contributed by atoms with E-state index in [1.54, 1.807) is 26.4 Å². The van der Waals surface area contributed by atoms with Crippen molar-refractivity contribution in [1.82, 2.24) is 0 Å². The molecule has 0 N–H and O–H groups in total. The zero-order valence-corrected chi connectivity index (χ0v) is 15.5. The van der Waals surface area contributed by atoms with Crippen LogP contribution >= 0.6 is 0 Å². The topological polar surface area (TPSA) is 61.8 Å². The zero-order chi connectivity index (χ0) is 19.5. The predicted octanol–water partition coefficient (Wildman–Crippen LogP) is 5.45. The van der Waals surface area contributed by atoms with Gasteiger partial charge in [0.25, 0.3) is 5.78 Å². The summed E-state index contributed by atoms with van der Waals surface area (Å²) in [6.07, 6.45) is 3.01. The fourth-order valence-corrected chi connectivity index (χ4v) is 3.07. The summed E-state index contributed by atoms with van der Waals surface area (Å²) in [7, 11) is 3.22. The summed E-state index contributed by atoms with van der Waals surface area (Å²) in [4.78, 5) is 13.2. The second-order valence-electron chi connectivity index (χ2n) is 6.11. The molecule has 0 atom stereocenters. The molecule has 0 unspecified atom stereocenters. The first-order chi connectivity index (χ1) is 13.7. The van der Waals surface area contributed by atoms with Crippen LogP contribution in [0, 0.1) is 0 Å². The van der Waals surface area contributed by atoms with Crippen molar-refractivity contribution in [2.24, 2.45) is 0 Å². The molecule has 140 valence electrons. The lowest BCUT2D eigenvalue weighted by atomic mass is 10.00. The maximum Gasteiger partial charge on any atom is 0.264 e. The molecule has 0 saturated heterocycles. The Balaban J connectivity index is 1.70. The van der Waals surface area contributed by atoms with Gasteiger partial charge in [0.05, 0.1) is 26.7 Å². The summed E-state index contributed by atoms with van der Waals surface area (Å²) in [6, 6.07) is 18.4. The molecule has 0 spiro atoms. The Labute approximate surface area is 162 Å². The molecule has 0 saturated carbocycles. The van der Waals surface area contributed by atoms with Gasteiger partial charge in [0.1, 0.15) is 11.5 Å². The van der Waals surface area contributed by atoms with Gasteiger partial charge in [-0.1, -0.05) is 24.3 Å². The third kappa shape index (κ3) is 3.18. The number of ketones is 1. The van der Waals surface area contributed by atoms with E-state index in [4.69, 9.17) is 18.3 Å².